The van der Waals surface area contributed by atoms with Crippen molar-refractivity contribution in [3.05, 3.63) is 35.4 Å². The molecule has 22 heavy (non-hydrogen) atoms. The van der Waals surface area contributed by atoms with Crippen LogP contribution in [-0.4, -0.2) is 54.5 Å². The number of morpholine rings is 1. The maximum absolute atomic E-state index is 12.7. The van der Waals surface area contributed by atoms with Crippen molar-refractivity contribution in [2.24, 2.45) is 0 Å². The van der Waals surface area contributed by atoms with Gasteiger partial charge in [-0.3, -0.25) is 9.59 Å². The molecule has 1 heterocycles. The minimum Gasteiger partial charge on any atom is -0.356 e. The molecule has 5 nitrogen and oxygen atoms in total. The molecule has 120 valence electrons. The molecule has 1 aromatic rings. The molecule has 1 aliphatic heterocycles. The highest BCUT2D eigenvalue weighted by molar-refractivity contribution is 5.86. The van der Waals surface area contributed by atoms with Crippen LogP contribution >= 0.6 is 0 Å². The summed E-state index contributed by atoms with van der Waals surface area (Å²) in [5, 5.41) is 0. The van der Waals surface area contributed by atoms with Gasteiger partial charge in [0.15, 0.2) is 6.10 Å². The molecule has 0 unspecified atom stereocenters. The number of ether oxygens (including phenoxy) is 1. The lowest BCUT2D eigenvalue weighted by Crippen LogP contribution is -2.53. The fourth-order valence-corrected chi connectivity index (χ4v) is 2.80. The van der Waals surface area contributed by atoms with E-state index >= 15 is 0 Å². The highest BCUT2D eigenvalue weighted by Crippen LogP contribution is 2.30. The van der Waals surface area contributed by atoms with Crippen molar-refractivity contribution in [1.82, 2.24) is 9.80 Å². The maximum atomic E-state index is 12.7. The molecule has 1 aliphatic rings. The third-order valence-electron chi connectivity index (χ3n) is 4.22. The summed E-state index contributed by atoms with van der Waals surface area (Å²) >= 11 is 0. The highest BCUT2D eigenvalue weighted by Gasteiger charge is 2.41. The number of benzene rings is 1. The van der Waals surface area contributed by atoms with E-state index in [1.165, 1.54) is 0 Å². The lowest BCUT2D eigenvalue weighted by Gasteiger charge is -2.40. The van der Waals surface area contributed by atoms with E-state index in [-0.39, 0.29) is 24.5 Å². The van der Waals surface area contributed by atoms with Crippen LogP contribution in [0.2, 0.25) is 0 Å². The van der Waals surface area contributed by atoms with Gasteiger partial charge in [-0.05, 0) is 26.3 Å². The third kappa shape index (κ3) is 3.14. The summed E-state index contributed by atoms with van der Waals surface area (Å²) in [5.41, 5.74) is 2.06. The van der Waals surface area contributed by atoms with Crippen molar-refractivity contribution in [2.75, 3.05) is 26.7 Å². The molecule has 0 N–H and O–H groups in total. The van der Waals surface area contributed by atoms with Gasteiger partial charge in [0.25, 0.3) is 5.91 Å². The first-order valence-electron chi connectivity index (χ1n) is 7.72. The van der Waals surface area contributed by atoms with E-state index in [9.17, 15) is 9.59 Å². The Labute approximate surface area is 131 Å². The van der Waals surface area contributed by atoms with Gasteiger partial charge in [-0.2, -0.15) is 0 Å². The number of aryl methyl sites for hydroxylation is 1. The molecular weight excluding hydrogens is 280 g/mol. The first-order chi connectivity index (χ1) is 10.5. The van der Waals surface area contributed by atoms with E-state index in [2.05, 4.69) is 0 Å². The molecule has 0 spiro atoms. The third-order valence-corrected chi connectivity index (χ3v) is 4.22. The van der Waals surface area contributed by atoms with Crippen LogP contribution in [0.1, 0.15) is 31.0 Å². The first-order valence-corrected chi connectivity index (χ1v) is 7.72. The molecule has 0 aliphatic carbocycles. The first kappa shape index (κ1) is 16.5. The Hall–Kier alpha value is -1.88. The summed E-state index contributed by atoms with van der Waals surface area (Å²) in [4.78, 5) is 28.1. The van der Waals surface area contributed by atoms with Gasteiger partial charge in [-0.15, -0.1) is 0 Å². The second-order valence-electron chi connectivity index (χ2n) is 5.60. The molecule has 5 heteroatoms. The summed E-state index contributed by atoms with van der Waals surface area (Å²) in [6, 6.07) is 7.51. The van der Waals surface area contributed by atoms with E-state index in [0.29, 0.717) is 13.1 Å². The Morgan fingerprint density at radius 2 is 1.86 bits per heavy atom. The average Bonchev–Trinajstić information content (AvgIpc) is 2.52. The fourth-order valence-electron chi connectivity index (χ4n) is 2.80. The monoisotopic (exact) mass is 304 g/mol. The van der Waals surface area contributed by atoms with Crippen LogP contribution in [0, 0.1) is 6.92 Å². The largest absolute Gasteiger partial charge is 0.356 e. The van der Waals surface area contributed by atoms with E-state index in [0.717, 1.165) is 11.1 Å². The van der Waals surface area contributed by atoms with Crippen molar-refractivity contribution >= 4 is 11.8 Å². The van der Waals surface area contributed by atoms with Crippen molar-refractivity contribution in [3.8, 4) is 0 Å². The smallest absolute Gasteiger partial charge is 0.254 e. The number of hydrogen-bond donors (Lipinski definition) is 0. The summed E-state index contributed by atoms with van der Waals surface area (Å²) in [7, 11) is 1.73. The Balaban J connectivity index is 2.35. The summed E-state index contributed by atoms with van der Waals surface area (Å²) < 4.78 is 5.62. The van der Waals surface area contributed by atoms with E-state index in [1.807, 2.05) is 45.0 Å². The summed E-state index contributed by atoms with van der Waals surface area (Å²) in [6.07, 6.45) is -0.648. The lowest BCUT2D eigenvalue weighted by molar-refractivity contribution is -0.167. The van der Waals surface area contributed by atoms with Gasteiger partial charge < -0.3 is 14.5 Å². The second-order valence-corrected chi connectivity index (χ2v) is 5.60. The van der Waals surface area contributed by atoms with Gasteiger partial charge in [0, 0.05) is 20.1 Å². The fraction of sp³-hybridized carbons (Fsp3) is 0.529. The van der Waals surface area contributed by atoms with E-state index in [4.69, 9.17) is 4.74 Å². The second kappa shape index (κ2) is 6.92. The zero-order valence-corrected chi connectivity index (χ0v) is 13.7. The van der Waals surface area contributed by atoms with Crippen LogP contribution < -0.4 is 0 Å². The Morgan fingerprint density at radius 1 is 1.27 bits per heavy atom. The van der Waals surface area contributed by atoms with Crippen LogP contribution in [0.4, 0.5) is 0 Å². The van der Waals surface area contributed by atoms with E-state index in [1.54, 1.807) is 16.8 Å². The number of rotatable bonds is 4. The summed E-state index contributed by atoms with van der Waals surface area (Å²) in [5.74, 6) is -0.163. The quantitative estimate of drug-likeness (QED) is 0.852. The molecule has 0 aromatic heterocycles. The highest BCUT2D eigenvalue weighted by atomic mass is 16.5. The van der Waals surface area contributed by atoms with Gasteiger partial charge >= 0.3 is 0 Å². The Bertz CT molecular complexity index is 537. The number of amides is 2. The molecule has 1 aromatic carbocycles. The topological polar surface area (TPSA) is 49.9 Å². The lowest BCUT2D eigenvalue weighted by atomic mass is 9.96. The van der Waals surface area contributed by atoms with Crippen molar-refractivity contribution < 1.29 is 14.3 Å². The molecule has 0 saturated carbocycles. The van der Waals surface area contributed by atoms with Crippen molar-refractivity contribution in [1.29, 1.82) is 0 Å². The van der Waals surface area contributed by atoms with Crippen LogP contribution in [-0.2, 0) is 14.3 Å². The molecule has 0 bridgehead atoms. The number of carbonyl (C=O) groups excluding carboxylic acids is 2. The maximum Gasteiger partial charge on any atom is 0.254 e. The predicted octanol–water partition coefficient (Wildman–Crippen LogP) is 1.76. The standard InChI is InChI=1S/C17H24N2O3/c1-5-19(6-2)17(21)16-15(18(4)14(20)11-22-16)13-9-7-12(3)8-10-13/h7-10,15-16H,5-6,11H2,1-4H3/t15-,16+/m0/s1. The van der Waals surface area contributed by atoms with Crippen molar-refractivity contribution in [2.45, 2.75) is 32.9 Å². The van der Waals surface area contributed by atoms with Gasteiger partial charge in [-0.1, -0.05) is 29.8 Å². The average molecular weight is 304 g/mol. The van der Waals surface area contributed by atoms with Gasteiger partial charge in [-0.25, -0.2) is 0 Å². The van der Waals surface area contributed by atoms with Crippen LogP contribution in [0.25, 0.3) is 0 Å². The number of hydrogen-bond acceptors (Lipinski definition) is 3. The molecule has 0 radical (unpaired) electrons. The molecule has 1 fully saturated rings. The Morgan fingerprint density at radius 3 is 2.41 bits per heavy atom. The predicted molar refractivity (Wildman–Crippen MR) is 84.4 cm³/mol. The van der Waals surface area contributed by atoms with Gasteiger partial charge in [0.05, 0.1) is 6.04 Å². The normalized spacial score (nSPS) is 21.8. The molecular formula is C17H24N2O3. The number of carbonyl (C=O) groups is 2. The molecule has 2 rings (SSSR count). The van der Waals surface area contributed by atoms with Crippen molar-refractivity contribution in [3.63, 3.8) is 0 Å². The zero-order chi connectivity index (χ0) is 16.3. The minimum absolute atomic E-state index is 0.0451. The van der Waals surface area contributed by atoms with Crippen LogP contribution in [0.15, 0.2) is 24.3 Å². The van der Waals surface area contributed by atoms with Gasteiger partial charge in [0.1, 0.15) is 6.61 Å². The molecule has 2 atom stereocenters. The number of nitrogens with zero attached hydrogens (tertiary/aromatic N) is 2. The molecule has 1 saturated heterocycles. The van der Waals surface area contributed by atoms with E-state index < -0.39 is 6.10 Å². The van der Waals surface area contributed by atoms with Crippen LogP contribution in [0.3, 0.4) is 0 Å². The Kier molecular flexibility index (Phi) is 5.19. The SMILES string of the molecule is CCN(CC)C(=O)[C@@H]1OCC(=O)N(C)[C@H]1c1ccc(C)cc1. The van der Waals surface area contributed by atoms with Crippen LogP contribution in [0.5, 0.6) is 0 Å². The minimum atomic E-state index is -0.648. The summed E-state index contributed by atoms with van der Waals surface area (Å²) in [6.45, 7) is 7.12. The number of likely N-dealkylation sites (N-methyl/N-ethyl adjacent to an activating group) is 2. The molecule has 2 amide bonds. The zero-order valence-electron chi connectivity index (χ0n) is 13.7. The van der Waals surface area contributed by atoms with Gasteiger partial charge in [0.2, 0.25) is 5.91 Å².